The Bertz CT molecular complexity index is 186. The van der Waals surface area contributed by atoms with Crippen LogP contribution < -0.4 is 5.48 Å². The van der Waals surface area contributed by atoms with Gasteiger partial charge in [-0.25, -0.2) is 0 Å². The van der Waals surface area contributed by atoms with Gasteiger partial charge in [0, 0.05) is 13.1 Å². The smallest absolute Gasteiger partial charge is 0.125 e. The van der Waals surface area contributed by atoms with Crippen LogP contribution in [-0.2, 0) is 0 Å². The number of hydrogen-bond donors (Lipinski definition) is 3. The summed E-state index contributed by atoms with van der Waals surface area (Å²) in [5.74, 6) is 0. The Hall–Kier alpha value is -0.160. The molecule has 0 aromatic rings. The fourth-order valence-electron chi connectivity index (χ4n) is 2.10. The van der Waals surface area contributed by atoms with Crippen LogP contribution in [0.4, 0.5) is 0 Å². The molecule has 1 rings (SSSR count). The van der Waals surface area contributed by atoms with Crippen LogP contribution in [0.15, 0.2) is 0 Å². The molecule has 15 heavy (non-hydrogen) atoms. The third kappa shape index (κ3) is 3.41. The summed E-state index contributed by atoms with van der Waals surface area (Å²) in [6.45, 7) is 7.88. The molecule has 0 saturated carbocycles. The Morgan fingerprint density at radius 1 is 1.13 bits per heavy atom. The van der Waals surface area contributed by atoms with Crippen molar-refractivity contribution < 1.29 is 10.3 Å². The van der Waals surface area contributed by atoms with Gasteiger partial charge in [-0.1, -0.05) is 27.2 Å². The molecule has 1 saturated heterocycles. The van der Waals surface area contributed by atoms with Gasteiger partial charge in [0.25, 0.3) is 0 Å². The van der Waals surface area contributed by atoms with Gasteiger partial charge in [0.2, 0.25) is 0 Å². The Morgan fingerprint density at radius 2 is 1.67 bits per heavy atom. The number of hydroxylamine groups is 1. The van der Waals surface area contributed by atoms with E-state index in [1.807, 2.05) is 25.7 Å². The fourth-order valence-corrected chi connectivity index (χ4v) is 2.10. The highest BCUT2D eigenvalue weighted by molar-refractivity contribution is 4.85. The van der Waals surface area contributed by atoms with Crippen molar-refractivity contribution in [2.24, 2.45) is 5.41 Å². The third-order valence-corrected chi connectivity index (χ3v) is 3.14. The van der Waals surface area contributed by atoms with Crippen molar-refractivity contribution in [2.75, 3.05) is 13.1 Å². The molecule has 3 N–H and O–H groups in total. The lowest BCUT2D eigenvalue weighted by molar-refractivity contribution is -0.0939. The highest BCUT2D eigenvalue weighted by Gasteiger charge is 2.34. The topological polar surface area (TPSA) is 55.7 Å². The van der Waals surface area contributed by atoms with Crippen molar-refractivity contribution in [3.8, 4) is 0 Å². The number of nitrogens with one attached hydrogen (secondary N) is 1. The summed E-state index contributed by atoms with van der Waals surface area (Å²) in [7, 11) is 0. The first-order valence-electron chi connectivity index (χ1n) is 5.78. The van der Waals surface area contributed by atoms with Gasteiger partial charge in [-0.15, -0.1) is 0 Å². The molecule has 0 spiro atoms. The zero-order valence-electron chi connectivity index (χ0n) is 10.0. The zero-order valence-corrected chi connectivity index (χ0v) is 10.0. The normalized spacial score (nSPS) is 23.8. The highest BCUT2D eigenvalue weighted by Crippen LogP contribution is 2.24. The van der Waals surface area contributed by atoms with E-state index in [2.05, 4.69) is 5.48 Å². The lowest BCUT2D eigenvalue weighted by Gasteiger charge is -2.40. The minimum Gasteiger partial charge on any atom is -0.377 e. The number of aliphatic hydroxyl groups is 1. The van der Waals surface area contributed by atoms with Crippen LogP contribution in [0.25, 0.3) is 0 Å². The van der Waals surface area contributed by atoms with Crippen molar-refractivity contribution in [1.82, 2.24) is 10.4 Å². The van der Waals surface area contributed by atoms with Crippen LogP contribution in [0.5, 0.6) is 0 Å². The van der Waals surface area contributed by atoms with E-state index in [1.165, 1.54) is 6.42 Å². The SMILES string of the molecule is CC(C)(C)[C@@H](NO)[C@H](O)N1CCCCC1. The summed E-state index contributed by atoms with van der Waals surface area (Å²) in [6.07, 6.45) is 2.92. The standard InChI is InChI=1S/C11H24N2O2/c1-11(2,3)9(12-15)10(14)13-7-5-4-6-8-13/h9-10,12,14-15H,4-8H2,1-3H3/t9-,10-/m0/s1. The van der Waals surface area contributed by atoms with Crippen LogP contribution >= 0.6 is 0 Å². The molecule has 0 aliphatic carbocycles. The first kappa shape index (κ1) is 12.9. The predicted octanol–water partition coefficient (Wildman–Crippen LogP) is 1.18. The van der Waals surface area contributed by atoms with Crippen molar-refractivity contribution in [2.45, 2.75) is 52.3 Å². The van der Waals surface area contributed by atoms with Crippen molar-refractivity contribution in [3.63, 3.8) is 0 Å². The molecule has 4 nitrogen and oxygen atoms in total. The molecule has 0 aromatic heterocycles. The summed E-state index contributed by atoms with van der Waals surface area (Å²) in [4.78, 5) is 2.04. The van der Waals surface area contributed by atoms with E-state index >= 15 is 0 Å². The van der Waals surface area contributed by atoms with Crippen LogP contribution in [0, 0.1) is 5.41 Å². The average molecular weight is 216 g/mol. The molecule has 1 aliphatic rings. The summed E-state index contributed by atoms with van der Waals surface area (Å²) in [6, 6.07) is -0.310. The van der Waals surface area contributed by atoms with Crippen LogP contribution in [-0.4, -0.2) is 40.6 Å². The van der Waals surface area contributed by atoms with E-state index in [0.717, 1.165) is 25.9 Å². The van der Waals surface area contributed by atoms with Crippen molar-refractivity contribution >= 4 is 0 Å². The highest BCUT2D eigenvalue weighted by atomic mass is 16.5. The number of piperidine rings is 1. The number of rotatable bonds is 3. The molecular weight excluding hydrogens is 192 g/mol. The summed E-state index contributed by atoms with van der Waals surface area (Å²) in [5, 5.41) is 19.3. The van der Waals surface area contributed by atoms with Gasteiger partial charge < -0.3 is 10.3 Å². The molecule has 0 bridgehead atoms. The van der Waals surface area contributed by atoms with Gasteiger partial charge in [-0.3, -0.25) is 4.90 Å². The van der Waals surface area contributed by atoms with Gasteiger partial charge in [-0.2, -0.15) is 5.48 Å². The predicted molar refractivity (Wildman–Crippen MR) is 59.6 cm³/mol. The quantitative estimate of drug-likeness (QED) is 0.620. The monoisotopic (exact) mass is 216 g/mol. The third-order valence-electron chi connectivity index (χ3n) is 3.14. The minimum absolute atomic E-state index is 0.161. The lowest BCUT2D eigenvalue weighted by Crippen LogP contribution is -2.56. The molecule has 0 amide bonds. The number of nitrogens with zero attached hydrogens (tertiary/aromatic N) is 1. The second kappa shape index (κ2) is 5.25. The van der Waals surface area contributed by atoms with Gasteiger partial charge in [0.1, 0.15) is 6.23 Å². The van der Waals surface area contributed by atoms with E-state index in [4.69, 9.17) is 5.21 Å². The first-order chi connectivity index (χ1) is 6.96. The summed E-state index contributed by atoms with van der Waals surface area (Å²) >= 11 is 0. The maximum atomic E-state index is 10.2. The van der Waals surface area contributed by atoms with Crippen molar-refractivity contribution in [3.05, 3.63) is 0 Å². The Balaban J connectivity index is 2.59. The zero-order chi connectivity index (χ0) is 11.5. The molecule has 0 unspecified atom stereocenters. The Morgan fingerprint density at radius 3 is 2.07 bits per heavy atom. The molecule has 0 radical (unpaired) electrons. The van der Waals surface area contributed by atoms with Crippen LogP contribution in [0.2, 0.25) is 0 Å². The fraction of sp³-hybridized carbons (Fsp3) is 1.00. The van der Waals surface area contributed by atoms with E-state index in [0.29, 0.717) is 0 Å². The van der Waals surface area contributed by atoms with Crippen LogP contribution in [0.1, 0.15) is 40.0 Å². The summed E-state index contributed by atoms with van der Waals surface area (Å²) < 4.78 is 0. The molecular formula is C11H24N2O2. The van der Waals surface area contributed by atoms with Gasteiger partial charge >= 0.3 is 0 Å². The maximum Gasteiger partial charge on any atom is 0.125 e. The van der Waals surface area contributed by atoms with E-state index < -0.39 is 6.23 Å². The average Bonchev–Trinajstić information content (AvgIpc) is 2.18. The Kier molecular flexibility index (Phi) is 4.52. The summed E-state index contributed by atoms with van der Waals surface area (Å²) in [5.41, 5.74) is 2.09. The number of aliphatic hydroxyl groups excluding tert-OH is 1. The molecule has 1 heterocycles. The van der Waals surface area contributed by atoms with Crippen LogP contribution in [0.3, 0.4) is 0 Å². The molecule has 90 valence electrons. The lowest BCUT2D eigenvalue weighted by atomic mass is 9.85. The molecule has 1 aliphatic heterocycles. The van der Waals surface area contributed by atoms with Crippen molar-refractivity contribution in [1.29, 1.82) is 0 Å². The van der Waals surface area contributed by atoms with Gasteiger partial charge in [0.05, 0.1) is 6.04 Å². The molecule has 4 heteroatoms. The second-order valence-corrected chi connectivity index (χ2v) is 5.48. The second-order valence-electron chi connectivity index (χ2n) is 5.48. The molecule has 2 atom stereocenters. The molecule has 0 aromatic carbocycles. The maximum absolute atomic E-state index is 10.2. The van der Waals surface area contributed by atoms with Gasteiger partial charge in [0.15, 0.2) is 0 Å². The number of likely N-dealkylation sites (tertiary alicyclic amines) is 1. The van der Waals surface area contributed by atoms with E-state index in [1.54, 1.807) is 0 Å². The molecule has 1 fully saturated rings. The number of hydrogen-bond acceptors (Lipinski definition) is 4. The Labute approximate surface area is 92.2 Å². The van der Waals surface area contributed by atoms with E-state index in [-0.39, 0.29) is 11.5 Å². The minimum atomic E-state index is -0.602. The van der Waals surface area contributed by atoms with E-state index in [9.17, 15) is 5.11 Å². The first-order valence-corrected chi connectivity index (χ1v) is 5.78. The van der Waals surface area contributed by atoms with Gasteiger partial charge in [-0.05, 0) is 18.3 Å². The largest absolute Gasteiger partial charge is 0.377 e.